The second-order valence-electron chi connectivity index (χ2n) is 2.43. The number of rotatable bonds is 1. The summed E-state index contributed by atoms with van der Waals surface area (Å²) in [7, 11) is 0. The highest BCUT2D eigenvalue weighted by Crippen LogP contribution is 2.30. The zero-order chi connectivity index (χ0) is 8.48. The van der Waals surface area contributed by atoms with Crippen molar-refractivity contribution >= 4 is 18.6 Å². The van der Waals surface area contributed by atoms with Crippen LogP contribution in [0.5, 0.6) is 0 Å². The predicted molar refractivity (Wildman–Crippen MR) is 43.2 cm³/mol. The number of esters is 1. The maximum atomic E-state index is 10.6. The summed E-state index contributed by atoms with van der Waals surface area (Å²) in [5.74, 6) is -0.359. The summed E-state index contributed by atoms with van der Waals surface area (Å²) in [5, 5.41) is 0. The van der Waals surface area contributed by atoms with Gasteiger partial charge in [0.2, 0.25) is 4.93 Å². The fourth-order valence-corrected chi connectivity index (χ4v) is 1.09. The Balaban J connectivity index is 2.65. The molecule has 1 rings (SSSR count). The minimum atomic E-state index is -0.883. The highest BCUT2D eigenvalue weighted by atomic mass is 32.1. The number of thiol groups is 1. The minimum absolute atomic E-state index is 0.227. The molecule has 0 spiro atoms. The lowest BCUT2D eigenvalue weighted by Crippen LogP contribution is -2.34. The molecule has 0 saturated carbocycles. The van der Waals surface area contributed by atoms with Crippen LogP contribution in [0.3, 0.4) is 0 Å². The summed E-state index contributed by atoms with van der Waals surface area (Å²) in [4.78, 5) is 9.71. The van der Waals surface area contributed by atoms with E-state index in [0.717, 1.165) is 0 Å². The zero-order valence-electron chi connectivity index (χ0n) is 6.40. The Kier molecular flexibility index (Phi) is 2.13. The van der Waals surface area contributed by atoms with Crippen molar-refractivity contribution in [2.75, 3.05) is 0 Å². The van der Waals surface area contributed by atoms with Gasteiger partial charge in [-0.25, -0.2) is 0 Å². The third-order valence-corrected chi connectivity index (χ3v) is 2.08. The standard InChI is InChI=1S/C7H10O3S/c1-5-7(11,3-4-9-5)10-6(2)8/h3-5,11H,1-2H3/t5-,7+/m1/s1. The normalized spacial score (nSPS) is 35.0. The van der Waals surface area contributed by atoms with Gasteiger partial charge in [-0.1, -0.05) is 0 Å². The average Bonchev–Trinajstić information content (AvgIpc) is 2.11. The van der Waals surface area contributed by atoms with Gasteiger partial charge in [-0.2, -0.15) is 0 Å². The molecule has 1 aliphatic heterocycles. The van der Waals surface area contributed by atoms with Gasteiger partial charge in [0, 0.05) is 13.0 Å². The largest absolute Gasteiger partial charge is 0.493 e. The molecule has 0 N–H and O–H groups in total. The van der Waals surface area contributed by atoms with E-state index in [-0.39, 0.29) is 12.1 Å². The van der Waals surface area contributed by atoms with Gasteiger partial charge in [-0.3, -0.25) is 4.79 Å². The maximum Gasteiger partial charge on any atom is 0.304 e. The first kappa shape index (κ1) is 8.46. The number of carbonyl (C=O) groups excluding carboxylic acids is 1. The van der Waals surface area contributed by atoms with E-state index in [1.807, 2.05) is 0 Å². The van der Waals surface area contributed by atoms with Gasteiger partial charge < -0.3 is 9.47 Å². The van der Waals surface area contributed by atoms with Gasteiger partial charge in [0.15, 0.2) is 0 Å². The number of hydrogen-bond acceptors (Lipinski definition) is 4. The highest BCUT2D eigenvalue weighted by molar-refractivity contribution is 7.81. The molecule has 0 aromatic rings. The van der Waals surface area contributed by atoms with Crippen molar-refractivity contribution in [1.82, 2.24) is 0 Å². The summed E-state index contributed by atoms with van der Waals surface area (Å²) in [6, 6.07) is 0. The third-order valence-electron chi connectivity index (χ3n) is 1.48. The first-order valence-electron chi connectivity index (χ1n) is 3.30. The molecular weight excluding hydrogens is 164 g/mol. The van der Waals surface area contributed by atoms with E-state index in [4.69, 9.17) is 9.47 Å². The lowest BCUT2D eigenvalue weighted by atomic mass is 10.2. The second kappa shape index (κ2) is 2.77. The molecule has 0 unspecified atom stereocenters. The van der Waals surface area contributed by atoms with Gasteiger partial charge in [-0.15, -0.1) is 12.6 Å². The van der Waals surface area contributed by atoms with Crippen LogP contribution in [0, 0.1) is 0 Å². The van der Waals surface area contributed by atoms with Crippen molar-refractivity contribution in [1.29, 1.82) is 0 Å². The van der Waals surface area contributed by atoms with Crippen LogP contribution in [0.25, 0.3) is 0 Å². The summed E-state index contributed by atoms with van der Waals surface area (Å²) in [5.41, 5.74) is 0. The molecule has 0 amide bonds. The summed E-state index contributed by atoms with van der Waals surface area (Å²) < 4.78 is 9.96. The Bertz CT molecular complexity index is 202. The molecular formula is C7H10O3S. The van der Waals surface area contributed by atoms with Crippen LogP contribution < -0.4 is 0 Å². The summed E-state index contributed by atoms with van der Waals surface area (Å²) in [6.07, 6.45) is 2.87. The second-order valence-corrected chi connectivity index (χ2v) is 3.13. The van der Waals surface area contributed by atoms with Crippen LogP contribution in [0.1, 0.15) is 13.8 Å². The number of ether oxygens (including phenoxy) is 2. The van der Waals surface area contributed by atoms with Gasteiger partial charge >= 0.3 is 5.97 Å². The quantitative estimate of drug-likeness (QED) is 0.367. The Labute approximate surface area is 70.8 Å². The van der Waals surface area contributed by atoms with E-state index < -0.39 is 4.93 Å². The number of carbonyl (C=O) groups is 1. The van der Waals surface area contributed by atoms with Crippen LogP contribution in [-0.4, -0.2) is 17.0 Å². The van der Waals surface area contributed by atoms with Gasteiger partial charge in [0.1, 0.15) is 6.10 Å². The van der Waals surface area contributed by atoms with Crippen LogP contribution in [0.15, 0.2) is 12.3 Å². The minimum Gasteiger partial charge on any atom is -0.493 e. The molecule has 0 aromatic carbocycles. The summed E-state index contributed by atoms with van der Waals surface area (Å²) in [6.45, 7) is 3.13. The molecule has 2 atom stereocenters. The molecule has 62 valence electrons. The van der Waals surface area contributed by atoms with E-state index in [0.29, 0.717) is 0 Å². The Morgan fingerprint density at radius 3 is 2.82 bits per heavy atom. The summed E-state index contributed by atoms with van der Waals surface area (Å²) >= 11 is 4.16. The van der Waals surface area contributed by atoms with Crippen molar-refractivity contribution in [2.45, 2.75) is 24.9 Å². The molecule has 3 nitrogen and oxygen atoms in total. The monoisotopic (exact) mass is 174 g/mol. The van der Waals surface area contributed by atoms with Crippen molar-refractivity contribution in [2.24, 2.45) is 0 Å². The number of hydrogen-bond donors (Lipinski definition) is 1. The van der Waals surface area contributed by atoms with Crippen LogP contribution in [0.4, 0.5) is 0 Å². The van der Waals surface area contributed by atoms with Gasteiger partial charge in [0.25, 0.3) is 0 Å². The first-order chi connectivity index (χ1) is 5.04. The molecule has 0 aromatic heterocycles. The van der Waals surface area contributed by atoms with E-state index >= 15 is 0 Å². The van der Waals surface area contributed by atoms with Crippen LogP contribution >= 0.6 is 12.6 Å². The lowest BCUT2D eigenvalue weighted by molar-refractivity contribution is -0.149. The van der Waals surface area contributed by atoms with Crippen LogP contribution in [-0.2, 0) is 14.3 Å². The molecule has 0 bridgehead atoms. The van der Waals surface area contributed by atoms with Crippen molar-refractivity contribution in [3.8, 4) is 0 Å². The third kappa shape index (κ3) is 1.68. The van der Waals surface area contributed by atoms with E-state index in [1.54, 1.807) is 13.0 Å². The van der Waals surface area contributed by atoms with Gasteiger partial charge in [-0.05, 0) is 6.92 Å². The van der Waals surface area contributed by atoms with Crippen LogP contribution in [0.2, 0.25) is 0 Å². The fourth-order valence-electron chi connectivity index (χ4n) is 0.835. The molecule has 4 heteroatoms. The predicted octanol–water partition coefficient (Wildman–Crippen LogP) is 1.11. The molecule has 0 saturated heterocycles. The first-order valence-corrected chi connectivity index (χ1v) is 3.74. The van der Waals surface area contributed by atoms with Crippen molar-refractivity contribution in [3.63, 3.8) is 0 Å². The smallest absolute Gasteiger partial charge is 0.304 e. The molecule has 0 aliphatic carbocycles. The molecule has 1 aliphatic rings. The Morgan fingerprint density at radius 2 is 2.45 bits per heavy atom. The molecule has 11 heavy (non-hydrogen) atoms. The van der Waals surface area contributed by atoms with Crippen molar-refractivity contribution in [3.05, 3.63) is 12.3 Å². The molecule has 0 radical (unpaired) electrons. The topological polar surface area (TPSA) is 35.5 Å². The van der Waals surface area contributed by atoms with E-state index in [1.165, 1.54) is 13.2 Å². The fraction of sp³-hybridized carbons (Fsp3) is 0.571. The van der Waals surface area contributed by atoms with E-state index in [9.17, 15) is 4.79 Å². The molecule has 1 heterocycles. The zero-order valence-corrected chi connectivity index (χ0v) is 7.30. The highest BCUT2D eigenvalue weighted by Gasteiger charge is 2.38. The Hall–Kier alpha value is -0.640. The van der Waals surface area contributed by atoms with E-state index in [2.05, 4.69) is 12.6 Å². The van der Waals surface area contributed by atoms with Crippen molar-refractivity contribution < 1.29 is 14.3 Å². The SMILES string of the molecule is CC(=O)O[C@]1(S)C=CO[C@@H]1C. The lowest BCUT2D eigenvalue weighted by Gasteiger charge is -2.24. The van der Waals surface area contributed by atoms with Gasteiger partial charge in [0.05, 0.1) is 6.26 Å². The maximum absolute atomic E-state index is 10.6. The Morgan fingerprint density at radius 1 is 1.82 bits per heavy atom. The average molecular weight is 174 g/mol. The molecule has 0 fully saturated rings.